The topological polar surface area (TPSA) is 106 Å². The number of H-pyrrole nitrogens is 1. The highest BCUT2D eigenvalue weighted by Crippen LogP contribution is 2.34. The number of hydrogen-bond donors (Lipinski definition) is 1. The van der Waals surface area contributed by atoms with Crippen molar-refractivity contribution in [3.05, 3.63) is 51.6 Å². The molecule has 0 radical (unpaired) electrons. The molecule has 0 aliphatic heterocycles. The second-order valence-corrected chi connectivity index (χ2v) is 9.08. The van der Waals surface area contributed by atoms with Crippen molar-refractivity contribution in [3.8, 4) is 0 Å². The summed E-state index contributed by atoms with van der Waals surface area (Å²) in [7, 11) is 0. The third-order valence-corrected chi connectivity index (χ3v) is 6.72. The van der Waals surface area contributed by atoms with Gasteiger partial charge in [-0.05, 0) is 60.6 Å². The van der Waals surface area contributed by atoms with Gasteiger partial charge in [-0.25, -0.2) is 4.68 Å². The normalized spacial score (nSPS) is 15.3. The third-order valence-electron chi connectivity index (χ3n) is 6.72. The molecule has 2 aromatic heterocycles. The average Bonchev–Trinajstić information content (AvgIpc) is 3.50. The summed E-state index contributed by atoms with van der Waals surface area (Å²) in [6.07, 6.45) is 6.23. The number of rotatable bonds is 10. The van der Waals surface area contributed by atoms with Crippen molar-refractivity contribution < 1.29 is 9.53 Å². The van der Waals surface area contributed by atoms with Crippen LogP contribution in [0.1, 0.15) is 75.4 Å². The maximum absolute atomic E-state index is 13.1. The highest BCUT2D eigenvalue weighted by Gasteiger charge is 2.33. The van der Waals surface area contributed by atoms with Gasteiger partial charge in [0.2, 0.25) is 0 Å². The lowest BCUT2D eigenvalue weighted by molar-refractivity contribution is -0.144. The van der Waals surface area contributed by atoms with Crippen molar-refractivity contribution in [1.82, 2.24) is 30.1 Å². The SMILES string of the molecule is CCC[C@@H](c1nnnn1CC(=O)OCC)N(Cc1cc2cccc(C)c2[nH]c1=O)C1CCCC1. The number of para-hydroxylation sites is 1. The number of nitrogens with one attached hydrogen (secondary N) is 1. The lowest BCUT2D eigenvalue weighted by Crippen LogP contribution is -2.39. The Labute approximate surface area is 199 Å². The van der Waals surface area contributed by atoms with Crippen LogP contribution in [0.3, 0.4) is 0 Å². The van der Waals surface area contributed by atoms with Crippen LogP contribution in [0.2, 0.25) is 0 Å². The number of fused-ring (bicyclic) bond motifs is 1. The molecule has 3 aromatic rings. The van der Waals surface area contributed by atoms with Crippen molar-refractivity contribution in [2.45, 2.75) is 84.5 Å². The van der Waals surface area contributed by atoms with Gasteiger partial charge in [0.1, 0.15) is 6.54 Å². The van der Waals surface area contributed by atoms with Crippen LogP contribution >= 0.6 is 0 Å². The molecule has 1 saturated carbocycles. The zero-order valence-electron chi connectivity index (χ0n) is 20.3. The van der Waals surface area contributed by atoms with Crippen molar-refractivity contribution in [1.29, 1.82) is 0 Å². The number of nitrogens with zero attached hydrogens (tertiary/aromatic N) is 5. The summed E-state index contributed by atoms with van der Waals surface area (Å²) in [6, 6.07) is 8.28. The van der Waals surface area contributed by atoms with E-state index in [-0.39, 0.29) is 24.1 Å². The van der Waals surface area contributed by atoms with Gasteiger partial charge in [-0.2, -0.15) is 0 Å². The molecule has 1 aromatic carbocycles. The van der Waals surface area contributed by atoms with Crippen LogP contribution in [-0.2, 0) is 22.6 Å². The van der Waals surface area contributed by atoms with Gasteiger partial charge in [-0.15, -0.1) is 5.10 Å². The van der Waals surface area contributed by atoms with Gasteiger partial charge in [0.25, 0.3) is 5.56 Å². The molecule has 0 amide bonds. The molecule has 9 nitrogen and oxygen atoms in total. The number of carbonyl (C=O) groups is 1. The predicted octanol–water partition coefficient (Wildman–Crippen LogP) is 3.67. The van der Waals surface area contributed by atoms with Crippen LogP contribution in [0.5, 0.6) is 0 Å². The summed E-state index contributed by atoms with van der Waals surface area (Å²) < 4.78 is 6.67. The maximum Gasteiger partial charge on any atom is 0.327 e. The molecule has 0 unspecified atom stereocenters. The second-order valence-electron chi connectivity index (χ2n) is 9.08. The van der Waals surface area contributed by atoms with Crippen LogP contribution in [0.15, 0.2) is 29.1 Å². The number of pyridine rings is 1. The standard InChI is InChI=1S/C25H34N6O3/c1-4-9-21(24-27-28-29-31(24)16-22(32)34-5-2)30(20-12-6-7-13-20)15-19-14-18-11-8-10-17(3)23(18)26-25(19)33/h8,10-11,14,20-21H,4-7,9,12-13,15-16H2,1-3H3,(H,26,33)/t21-/m0/s1. The van der Waals surface area contributed by atoms with Crippen LogP contribution in [0, 0.1) is 6.92 Å². The van der Waals surface area contributed by atoms with Crippen molar-refractivity contribution in [2.75, 3.05) is 6.61 Å². The number of benzene rings is 1. The predicted molar refractivity (Wildman–Crippen MR) is 129 cm³/mol. The molecule has 0 spiro atoms. The maximum atomic E-state index is 13.1. The van der Waals surface area contributed by atoms with E-state index in [1.165, 1.54) is 12.8 Å². The number of aromatic nitrogens is 5. The fourth-order valence-corrected chi connectivity index (χ4v) is 5.08. The summed E-state index contributed by atoms with van der Waals surface area (Å²) >= 11 is 0. The van der Waals surface area contributed by atoms with E-state index in [0.29, 0.717) is 25.0 Å². The summed E-state index contributed by atoms with van der Waals surface area (Å²) in [5.41, 5.74) is 2.60. The molecule has 1 atom stereocenters. The Hall–Kier alpha value is -3.07. The van der Waals surface area contributed by atoms with Gasteiger partial charge in [0, 0.05) is 18.2 Å². The molecule has 9 heteroatoms. The zero-order chi connectivity index (χ0) is 24.1. The summed E-state index contributed by atoms with van der Waals surface area (Å²) in [6.45, 7) is 6.70. The number of carbonyl (C=O) groups excluding carboxylic acids is 1. The zero-order valence-corrected chi connectivity index (χ0v) is 20.3. The van der Waals surface area contributed by atoms with E-state index in [9.17, 15) is 9.59 Å². The first-order valence-corrected chi connectivity index (χ1v) is 12.3. The molecule has 34 heavy (non-hydrogen) atoms. The smallest absolute Gasteiger partial charge is 0.327 e. The minimum absolute atomic E-state index is 0.0231. The molecule has 0 bridgehead atoms. The molecule has 1 aliphatic carbocycles. The van der Waals surface area contributed by atoms with E-state index in [1.54, 1.807) is 11.6 Å². The number of aryl methyl sites for hydroxylation is 1. The van der Waals surface area contributed by atoms with Crippen LogP contribution < -0.4 is 5.56 Å². The Morgan fingerprint density at radius 1 is 1.29 bits per heavy atom. The van der Waals surface area contributed by atoms with E-state index < -0.39 is 0 Å². The van der Waals surface area contributed by atoms with Gasteiger partial charge < -0.3 is 9.72 Å². The average molecular weight is 467 g/mol. The lowest BCUT2D eigenvalue weighted by atomic mass is 10.0. The lowest BCUT2D eigenvalue weighted by Gasteiger charge is -2.35. The largest absolute Gasteiger partial charge is 0.465 e. The molecular weight excluding hydrogens is 432 g/mol. The second kappa shape index (κ2) is 10.9. The fourth-order valence-electron chi connectivity index (χ4n) is 5.08. The van der Waals surface area contributed by atoms with Gasteiger partial charge in [0.05, 0.1) is 18.2 Å². The highest BCUT2D eigenvalue weighted by atomic mass is 16.5. The van der Waals surface area contributed by atoms with Gasteiger partial charge >= 0.3 is 5.97 Å². The minimum atomic E-state index is -0.361. The number of hydrogen-bond acceptors (Lipinski definition) is 7. The first-order chi connectivity index (χ1) is 16.5. The van der Waals surface area contributed by atoms with E-state index in [2.05, 4.69) is 32.3 Å². The summed E-state index contributed by atoms with van der Waals surface area (Å²) in [5.74, 6) is 0.287. The molecule has 1 fully saturated rings. The molecule has 1 N–H and O–H groups in total. The van der Waals surface area contributed by atoms with Crippen LogP contribution in [0.25, 0.3) is 10.9 Å². The van der Waals surface area contributed by atoms with Crippen LogP contribution in [0.4, 0.5) is 0 Å². The van der Waals surface area contributed by atoms with Crippen molar-refractivity contribution >= 4 is 16.9 Å². The third kappa shape index (κ3) is 5.19. The molecule has 1 aliphatic rings. The number of esters is 1. The van der Waals surface area contributed by atoms with Crippen LogP contribution in [-0.4, -0.2) is 48.7 Å². The number of aromatic amines is 1. The Morgan fingerprint density at radius 3 is 2.82 bits per heavy atom. The quantitative estimate of drug-likeness (QED) is 0.454. The van der Waals surface area contributed by atoms with Gasteiger partial charge in [0.15, 0.2) is 5.82 Å². The molecule has 182 valence electrons. The Kier molecular flexibility index (Phi) is 7.72. The fraction of sp³-hybridized carbons (Fsp3) is 0.560. The number of tetrazole rings is 1. The summed E-state index contributed by atoms with van der Waals surface area (Å²) in [5, 5.41) is 13.3. The Morgan fingerprint density at radius 2 is 2.09 bits per heavy atom. The molecule has 4 rings (SSSR count). The number of ether oxygens (including phenoxy) is 1. The Balaban J connectivity index is 1.71. The first kappa shape index (κ1) is 24.1. The minimum Gasteiger partial charge on any atom is -0.465 e. The molecular formula is C25H34N6O3. The van der Waals surface area contributed by atoms with E-state index >= 15 is 0 Å². The monoisotopic (exact) mass is 466 g/mol. The van der Waals surface area contributed by atoms with E-state index in [4.69, 9.17) is 4.74 Å². The molecule has 2 heterocycles. The van der Waals surface area contributed by atoms with Crippen molar-refractivity contribution in [2.24, 2.45) is 0 Å². The highest BCUT2D eigenvalue weighted by molar-refractivity contribution is 5.81. The van der Waals surface area contributed by atoms with Gasteiger partial charge in [-0.3, -0.25) is 14.5 Å². The van der Waals surface area contributed by atoms with E-state index in [1.807, 2.05) is 31.2 Å². The Bertz CT molecular complexity index is 1180. The van der Waals surface area contributed by atoms with E-state index in [0.717, 1.165) is 47.7 Å². The van der Waals surface area contributed by atoms with Gasteiger partial charge in [-0.1, -0.05) is 44.4 Å². The summed E-state index contributed by atoms with van der Waals surface area (Å²) in [4.78, 5) is 30.7. The first-order valence-electron chi connectivity index (χ1n) is 12.3. The molecule has 0 saturated heterocycles. The van der Waals surface area contributed by atoms with Crippen molar-refractivity contribution in [3.63, 3.8) is 0 Å².